The Bertz CT molecular complexity index is 379. The van der Waals surface area contributed by atoms with Gasteiger partial charge in [-0.3, -0.25) is 4.79 Å². The van der Waals surface area contributed by atoms with Gasteiger partial charge >= 0.3 is 5.97 Å². The molecule has 5 heteroatoms. The van der Waals surface area contributed by atoms with Crippen LogP contribution >= 0.6 is 0 Å². The van der Waals surface area contributed by atoms with Gasteiger partial charge in [-0.15, -0.1) is 0 Å². The first-order valence-electron chi connectivity index (χ1n) is 5.38. The lowest BCUT2D eigenvalue weighted by atomic mass is 10.3. The van der Waals surface area contributed by atoms with Crippen LogP contribution in [0.3, 0.4) is 0 Å². The van der Waals surface area contributed by atoms with Crippen LogP contribution in [0.25, 0.3) is 0 Å². The van der Waals surface area contributed by atoms with Gasteiger partial charge in [0.1, 0.15) is 11.5 Å². The SMILES string of the molecule is CCOC(=O)CCOc1cc(N)cc(OC)c1. The van der Waals surface area contributed by atoms with Gasteiger partial charge in [-0.05, 0) is 6.92 Å². The summed E-state index contributed by atoms with van der Waals surface area (Å²) < 4.78 is 15.2. The minimum Gasteiger partial charge on any atom is -0.497 e. The number of benzene rings is 1. The lowest BCUT2D eigenvalue weighted by Gasteiger charge is -2.08. The molecule has 94 valence electrons. The summed E-state index contributed by atoms with van der Waals surface area (Å²) in [4.78, 5) is 11.1. The highest BCUT2D eigenvalue weighted by molar-refractivity contribution is 5.69. The number of ether oxygens (including phenoxy) is 3. The molecule has 0 unspecified atom stereocenters. The summed E-state index contributed by atoms with van der Waals surface area (Å²) >= 11 is 0. The number of carbonyl (C=O) groups excluding carboxylic acids is 1. The fourth-order valence-electron chi connectivity index (χ4n) is 1.28. The van der Waals surface area contributed by atoms with E-state index in [0.29, 0.717) is 23.8 Å². The lowest BCUT2D eigenvalue weighted by molar-refractivity contribution is -0.143. The predicted molar refractivity (Wildman–Crippen MR) is 64.2 cm³/mol. The number of nitrogen functional groups attached to an aromatic ring is 1. The second-order valence-electron chi connectivity index (χ2n) is 3.35. The van der Waals surface area contributed by atoms with Crippen LogP contribution < -0.4 is 15.2 Å². The Kier molecular flexibility index (Phi) is 5.13. The molecule has 0 bridgehead atoms. The summed E-state index contributed by atoms with van der Waals surface area (Å²) in [6.45, 7) is 2.40. The number of anilines is 1. The fourth-order valence-corrected chi connectivity index (χ4v) is 1.28. The van der Waals surface area contributed by atoms with Crippen LogP contribution in [0.4, 0.5) is 5.69 Å². The Balaban J connectivity index is 2.46. The van der Waals surface area contributed by atoms with Gasteiger partial charge in [0.25, 0.3) is 0 Å². The Morgan fingerprint density at radius 1 is 1.29 bits per heavy atom. The zero-order chi connectivity index (χ0) is 12.7. The average molecular weight is 239 g/mol. The van der Waals surface area contributed by atoms with E-state index in [4.69, 9.17) is 19.9 Å². The van der Waals surface area contributed by atoms with Crippen molar-refractivity contribution in [3.63, 3.8) is 0 Å². The third kappa shape index (κ3) is 4.63. The van der Waals surface area contributed by atoms with E-state index in [9.17, 15) is 4.79 Å². The summed E-state index contributed by atoms with van der Waals surface area (Å²) in [5, 5.41) is 0. The molecule has 1 aromatic rings. The van der Waals surface area contributed by atoms with E-state index in [-0.39, 0.29) is 19.0 Å². The summed E-state index contributed by atoms with van der Waals surface area (Å²) in [5.41, 5.74) is 6.21. The quantitative estimate of drug-likeness (QED) is 0.603. The van der Waals surface area contributed by atoms with E-state index >= 15 is 0 Å². The summed E-state index contributed by atoms with van der Waals surface area (Å²) in [7, 11) is 1.55. The Morgan fingerprint density at radius 2 is 2.00 bits per heavy atom. The zero-order valence-corrected chi connectivity index (χ0v) is 10.1. The minimum absolute atomic E-state index is 0.213. The molecule has 0 spiro atoms. The van der Waals surface area contributed by atoms with E-state index in [0.717, 1.165) is 0 Å². The van der Waals surface area contributed by atoms with Gasteiger partial charge in [0.15, 0.2) is 0 Å². The van der Waals surface area contributed by atoms with Crippen LogP contribution in [0, 0.1) is 0 Å². The molecule has 5 nitrogen and oxygen atoms in total. The van der Waals surface area contributed by atoms with E-state index < -0.39 is 0 Å². The summed E-state index contributed by atoms with van der Waals surface area (Å²) in [6.07, 6.45) is 0.213. The van der Waals surface area contributed by atoms with Crippen molar-refractivity contribution in [1.29, 1.82) is 0 Å². The van der Waals surface area contributed by atoms with Gasteiger partial charge in [-0.1, -0.05) is 0 Å². The molecule has 0 fully saturated rings. The van der Waals surface area contributed by atoms with Gasteiger partial charge in [0.05, 0.1) is 26.7 Å². The van der Waals surface area contributed by atoms with E-state index in [1.54, 1.807) is 32.2 Å². The van der Waals surface area contributed by atoms with Gasteiger partial charge in [0.2, 0.25) is 0 Å². The smallest absolute Gasteiger partial charge is 0.309 e. The lowest BCUT2D eigenvalue weighted by Crippen LogP contribution is -2.09. The minimum atomic E-state index is -0.275. The van der Waals surface area contributed by atoms with E-state index in [1.807, 2.05) is 0 Å². The molecule has 0 radical (unpaired) electrons. The molecule has 0 saturated carbocycles. The standard InChI is InChI=1S/C12H17NO4/c1-3-16-12(14)4-5-17-11-7-9(13)6-10(8-11)15-2/h6-8H,3-5,13H2,1-2H3. The third-order valence-corrected chi connectivity index (χ3v) is 2.02. The molecule has 0 aliphatic heterocycles. The maximum absolute atomic E-state index is 11.1. The topological polar surface area (TPSA) is 70.8 Å². The van der Waals surface area contributed by atoms with Gasteiger partial charge in [-0.25, -0.2) is 0 Å². The van der Waals surface area contributed by atoms with E-state index in [2.05, 4.69) is 0 Å². The molecule has 0 aromatic heterocycles. The number of nitrogens with two attached hydrogens (primary N) is 1. The molecule has 0 atom stereocenters. The molecule has 0 aliphatic rings. The van der Waals surface area contributed by atoms with Crippen LogP contribution in [-0.2, 0) is 9.53 Å². The van der Waals surface area contributed by atoms with Crippen LogP contribution in [-0.4, -0.2) is 26.3 Å². The number of hydrogen-bond acceptors (Lipinski definition) is 5. The van der Waals surface area contributed by atoms with Crippen molar-refractivity contribution in [2.75, 3.05) is 26.1 Å². The van der Waals surface area contributed by atoms with Crippen molar-refractivity contribution >= 4 is 11.7 Å². The zero-order valence-electron chi connectivity index (χ0n) is 10.1. The van der Waals surface area contributed by atoms with Crippen molar-refractivity contribution in [2.24, 2.45) is 0 Å². The maximum Gasteiger partial charge on any atom is 0.309 e. The molecule has 17 heavy (non-hydrogen) atoms. The van der Waals surface area contributed by atoms with Crippen LogP contribution in [0.15, 0.2) is 18.2 Å². The largest absolute Gasteiger partial charge is 0.497 e. The Morgan fingerprint density at radius 3 is 2.65 bits per heavy atom. The van der Waals surface area contributed by atoms with Crippen molar-refractivity contribution in [1.82, 2.24) is 0 Å². The maximum atomic E-state index is 11.1. The molecule has 0 saturated heterocycles. The molecular formula is C12H17NO4. The molecule has 1 rings (SSSR count). The average Bonchev–Trinajstić information content (AvgIpc) is 2.28. The monoisotopic (exact) mass is 239 g/mol. The summed E-state index contributed by atoms with van der Waals surface area (Å²) in [6, 6.07) is 5.08. The van der Waals surface area contributed by atoms with Crippen molar-refractivity contribution in [3.05, 3.63) is 18.2 Å². The first kappa shape index (κ1) is 13.2. The van der Waals surface area contributed by atoms with E-state index in [1.165, 1.54) is 0 Å². The van der Waals surface area contributed by atoms with Crippen molar-refractivity contribution < 1.29 is 19.0 Å². The number of hydrogen-bond donors (Lipinski definition) is 1. The van der Waals surface area contributed by atoms with Gasteiger partial charge in [-0.2, -0.15) is 0 Å². The molecular weight excluding hydrogens is 222 g/mol. The Hall–Kier alpha value is -1.91. The number of rotatable bonds is 6. The molecule has 0 aliphatic carbocycles. The van der Waals surface area contributed by atoms with Gasteiger partial charge < -0.3 is 19.9 Å². The first-order valence-corrected chi connectivity index (χ1v) is 5.38. The normalized spacial score (nSPS) is 9.76. The van der Waals surface area contributed by atoms with Crippen LogP contribution in [0.2, 0.25) is 0 Å². The predicted octanol–water partition coefficient (Wildman–Crippen LogP) is 1.61. The molecule has 1 aromatic carbocycles. The van der Waals surface area contributed by atoms with Crippen molar-refractivity contribution in [2.45, 2.75) is 13.3 Å². The van der Waals surface area contributed by atoms with Crippen LogP contribution in [0.1, 0.15) is 13.3 Å². The Labute approximate surface area is 100 Å². The number of methoxy groups -OCH3 is 1. The van der Waals surface area contributed by atoms with Crippen LogP contribution in [0.5, 0.6) is 11.5 Å². The van der Waals surface area contributed by atoms with Gasteiger partial charge in [0, 0.05) is 23.9 Å². The highest BCUT2D eigenvalue weighted by Gasteiger charge is 2.04. The number of carbonyl (C=O) groups is 1. The molecule has 2 N–H and O–H groups in total. The third-order valence-electron chi connectivity index (χ3n) is 2.02. The molecule has 0 amide bonds. The highest BCUT2D eigenvalue weighted by Crippen LogP contribution is 2.24. The molecule has 0 heterocycles. The first-order chi connectivity index (χ1) is 8.15. The highest BCUT2D eigenvalue weighted by atomic mass is 16.5. The fraction of sp³-hybridized carbons (Fsp3) is 0.417. The second-order valence-corrected chi connectivity index (χ2v) is 3.35. The summed E-state index contributed by atoms with van der Waals surface area (Å²) in [5.74, 6) is 0.922. The van der Waals surface area contributed by atoms with Crippen molar-refractivity contribution in [3.8, 4) is 11.5 Å². The second kappa shape index (κ2) is 6.62. The number of esters is 1.